The van der Waals surface area contributed by atoms with E-state index in [1.54, 1.807) is 0 Å². The molecular weight excluding hydrogens is 290 g/mol. The first-order valence-corrected chi connectivity index (χ1v) is 8.57. The van der Waals surface area contributed by atoms with Gasteiger partial charge in [0.2, 0.25) is 0 Å². The summed E-state index contributed by atoms with van der Waals surface area (Å²) in [6.45, 7) is 3.11. The Morgan fingerprint density at radius 1 is 0.708 bits per heavy atom. The first kappa shape index (κ1) is 14.8. The van der Waals surface area contributed by atoms with E-state index in [0.717, 1.165) is 13.0 Å². The SMILES string of the molecule is CCC1=Cc2ccccc2N(Cc2ccccc2)c2ccccc21. The molecule has 1 nitrogen and oxygen atoms in total. The molecule has 0 saturated heterocycles. The average molecular weight is 311 g/mol. The van der Waals surface area contributed by atoms with E-state index in [1.165, 1.54) is 33.6 Å². The van der Waals surface area contributed by atoms with Gasteiger partial charge in [-0.2, -0.15) is 0 Å². The molecule has 0 N–H and O–H groups in total. The summed E-state index contributed by atoms with van der Waals surface area (Å²) in [6, 6.07) is 28.2. The van der Waals surface area contributed by atoms with Gasteiger partial charge in [0.25, 0.3) is 0 Å². The highest BCUT2D eigenvalue weighted by molar-refractivity contribution is 5.94. The molecule has 0 fully saturated rings. The van der Waals surface area contributed by atoms with Gasteiger partial charge in [0, 0.05) is 23.5 Å². The fourth-order valence-corrected chi connectivity index (χ4v) is 3.46. The van der Waals surface area contributed by atoms with Gasteiger partial charge in [0.05, 0.1) is 0 Å². The van der Waals surface area contributed by atoms with E-state index in [4.69, 9.17) is 0 Å². The highest BCUT2D eigenvalue weighted by Gasteiger charge is 2.20. The Labute approximate surface area is 143 Å². The Hall–Kier alpha value is -2.80. The van der Waals surface area contributed by atoms with E-state index >= 15 is 0 Å². The lowest BCUT2D eigenvalue weighted by Gasteiger charge is -2.27. The molecule has 1 aliphatic heterocycles. The normalized spacial score (nSPS) is 12.9. The van der Waals surface area contributed by atoms with Crippen molar-refractivity contribution in [3.05, 3.63) is 95.6 Å². The third kappa shape index (κ3) is 2.63. The molecule has 1 aliphatic rings. The second-order valence-electron chi connectivity index (χ2n) is 6.17. The van der Waals surface area contributed by atoms with Crippen molar-refractivity contribution in [2.45, 2.75) is 19.9 Å². The summed E-state index contributed by atoms with van der Waals surface area (Å²) in [7, 11) is 0. The van der Waals surface area contributed by atoms with Crippen LogP contribution in [0.2, 0.25) is 0 Å². The zero-order valence-corrected chi connectivity index (χ0v) is 13.9. The van der Waals surface area contributed by atoms with Crippen LogP contribution in [-0.4, -0.2) is 0 Å². The van der Waals surface area contributed by atoms with E-state index in [0.29, 0.717) is 0 Å². The van der Waals surface area contributed by atoms with Gasteiger partial charge < -0.3 is 4.90 Å². The zero-order valence-electron chi connectivity index (χ0n) is 13.9. The number of benzene rings is 3. The first-order valence-electron chi connectivity index (χ1n) is 8.57. The second-order valence-corrected chi connectivity index (χ2v) is 6.17. The number of anilines is 2. The Balaban J connectivity index is 1.91. The maximum atomic E-state index is 2.44. The predicted molar refractivity (Wildman–Crippen MR) is 103 cm³/mol. The lowest BCUT2D eigenvalue weighted by Crippen LogP contribution is -2.17. The third-order valence-electron chi connectivity index (χ3n) is 4.66. The number of para-hydroxylation sites is 2. The summed E-state index contributed by atoms with van der Waals surface area (Å²) < 4.78 is 0. The highest BCUT2D eigenvalue weighted by Crippen LogP contribution is 2.41. The van der Waals surface area contributed by atoms with Gasteiger partial charge in [0.15, 0.2) is 0 Å². The molecule has 0 aromatic heterocycles. The number of hydrogen-bond donors (Lipinski definition) is 0. The van der Waals surface area contributed by atoms with E-state index in [-0.39, 0.29) is 0 Å². The summed E-state index contributed by atoms with van der Waals surface area (Å²) in [4.78, 5) is 2.44. The van der Waals surface area contributed by atoms with Crippen LogP contribution >= 0.6 is 0 Å². The monoisotopic (exact) mass is 311 g/mol. The largest absolute Gasteiger partial charge is 0.336 e. The Morgan fingerprint density at radius 3 is 2.17 bits per heavy atom. The van der Waals surface area contributed by atoms with Crippen molar-refractivity contribution in [1.29, 1.82) is 0 Å². The summed E-state index contributed by atoms with van der Waals surface area (Å²) in [5, 5.41) is 0. The van der Waals surface area contributed by atoms with Gasteiger partial charge in [0.1, 0.15) is 0 Å². The summed E-state index contributed by atoms with van der Waals surface area (Å²) in [5.74, 6) is 0. The first-order chi connectivity index (χ1) is 11.9. The highest BCUT2D eigenvalue weighted by atomic mass is 15.1. The van der Waals surface area contributed by atoms with Crippen LogP contribution in [0.1, 0.15) is 30.0 Å². The van der Waals surface area contributed by atoms with Crippen molar-refractivity contribution in [3.63, 3.8) is 0 Å². The van der Waals surface area contributed by atoms with Crippen LogP contribution < -0.4 is 4.90 Å². The quantitative estimate of drug-likeness (QED) is 0.549. The van der Waals surface area contributed by atoms with Crippen LogP contribution in [0.5, 0.6) is 0 Å². The molecule has 3 aromatic rings. The van der Waals surface area contributed by atoms with Gasteiger partial charge >= 0.3 is 0 Å². The van der Waals surface area contributed by atoms with Crippen molar-refractivity contribution >= 4 is 23.0 Å². The molecule has 1 heterocycles. The number of nitrogens with zero attached hydrogens (tertiary/aromatic N) is 1. The van der Waals surface area contributed by atoms with Crippen LogP contribution in [-0.2, 0) is 6.54 Å². The van der Waals surface area contributed by atoms with E-state index in [1.807, 2.05) is 0 Å². The minimum Gasteiger partial charge on any atom is -0.336 e. The topological polar surface area (TPSA) is 3.24 Å². The zero-order chi connectivity index (χ0) is 16.4. The van der Waals surface area contributed by atoms with Crippen LogP contribution in [0.3, 0.4) is 0 Å². The Kier molecular flexibility index (Phi) is 3.92. The van der Waals surface area contributed by atoms with Crippen molar-refractivity contribution in [2.24, 2.45) is 0 Å². The Bertz CT molecular complexity index is 877. The van der Waals surface area contributed by atoms with E-state index in [9.17, 15) is 0 Å². The molecule has 0 bridgehead atoms. The summed E-state index contributed by atoms with van der Waals surface area (Å²) in [5.41, 5.74) is 7.92. The van der Waals surface area contributed by atoms with Gasteiger partial charge in [-0.15, -0.1) is 0 Å². The molecule has 1 heteroatoms. The molecule has 0 atom stereocenters. The van der Waals surface area contributed by atoms with E-state index < -0.39 is 0 Å². The molecular formula is C23H21N. The van der Waals surface area contributed by atoms with Crippen LogP contribution in [0.25, 0.3) is 11.6 Å². The lowest BCUT2D eigenvalue weighted by atomic mass is 10.0. The molecule has 0 aliphatic carbocycles. The maximum Gasteiger partial charge on any atom is 0.0490 e. The second kappa shape index (κ2) is 6.37. The number of allylic oxidation sites excluding steroid dienone is 1. The van der Waals surface area contributed by atoms with Crippen molar-refractivity contribution < 1.29 is 0 Å². The number of fused-ring (bicyclic) bond motifs is 2. The molecule has 0 saturated carbocycles. The van der Waals surface area contributed by atoms with Gasteiger partial charge in [-0.3, -0.25) is 0 Å². The van der Waals surface area contributed by atoms with Crippen molar-refractivity contribution in [2.75, 3.05) is 4.90 Å². The minimum atomic E-state index is 0.875. The predicted octanol–water partition coefficient (Wildman–Crippen LogP) is 6.29. The Morgan fingerprint density at radius 2 is 1.38 bits per heavy atom. The smallest absolute Gasteiger partial charge is 0.0490 e. The molecule has 24 heavy (non-hydrogen) atoms. The fraction of sp³-hybridized carbons (Fsp3) is 0.130. The maximum absolute atomic E-state index is 2.44. The van der Waals surface area contributed by atoms with Crippen LogP contribution in [0, 0.1) is 0 Å². The van der Waals surface area contributed by atoms with Crippen LogP contribution in [0.4, 0.5) is 11.4 Å². The summed E-state index contributed by atoms with van der Waals surface area (Å²) >= 11 is 0. The standard InChI is InChI=1S/C23H21N/c1-2-19-16-20-12-6-8-14-22(20)24(17-18-10-4-3-5-11-18)23-15-9-7-13-21(19)23/h3-16H,2,17H2,1H3. The van der Waals surface area contributed by atoms with Gasteiger partial charge in [-0.1, -0.05) is 73.7 Å². The van der Waals surface area contributed by atoms with Crippen molar-refractivity contribution in [1.82, 2.24) is 0 Å². The molecule has 0 unspecified atom stereocenters. The molecule has 4 rings (SSSR count). The molecule has 3 aromatic carbocycles. The number of hydrogen-bond acceptors (Lipinski definition) is 1. The van der Waals surface area contributed by atoms with Crippen molar-refractivity contribution in [3.8, 4) is 0 Å². The van der Waals surface area contributed by atoms with E-state index in [2.05, 4.69) is 96.8 Å². The minimum absolute atomic E-state index is 0.875. The van der Waals surface area contributed by atoms with Gasteiger partial charge in [-0.05, 0) is 41.3 Å². The van der Waals surface area contributed by atoms with Crippen LogP contribution in [0.15, 0.2) is 78.9 Å². The fourth-order valence-electron chi connectivity index (χ4n) is 3.46. The molecule has 118 valence electrons. The molecule has 0 radical (unpaired) electrons. The molecule has 0 spiro atoms. The lowest BCUT2D eigenvalue weighted by molar-refractivity contribution is 0.972. The summed E-state index contributed by atoms with van der Waals surface area (Å²) in [6.07, 6.45) is 3.38. The molecule has 0 amide bonds. The number of rotatable bonds is 3. The average Bonchev–Trinajstić information content (AvgIpc) is 2.78. The third-order valence-corrected chi connectivity index (χ3v) is 4.66. The van der Waals surface area contributed by atoms with Gasteiger partial charge in [-0.25, -0.2) is 0 Å².